The van der Waals surface area contributed by atoms with Gasteiger partial charge < -0.3 is 10.2 Å². The van der Waals surface area contributed by atoms with Crippen LogP contribution in [0.25, 0.3) is 0 Å². The Labute approximate surface area is 163 Å². The summed E-state index contributed by atoms with van der Waals surface area (Å²) in [7, 11) is -2.03. The van der Waals surface area contributed by atoms with Gasteiger partial charge in [-0.15, -0.1) is 0 Å². The summed E-state index contributed by atoms with van der Waals surface area (Å²) in [5.74, 6) is -2.84. The third-order valence-electron chi connectivity index (χ3n) is 4.19. The van der Waals surface area contributed by atoms with Crippen molar-refractivity contribution in [2.45, 2.75) is 13.0 Å². The molecule has 2 rings (SSSR count). The number of rotatable bonds is 8. The number of carbonyl (C=O) groups excluding carboxylic acids is 1. The van der Waals surface area contributed by atoms with Gasteiger partial charge in [-0.2, -0.15) is 0 Å². The van der Waals surface area contributed by atoms with Crippen molar-refractivity contribution in [2.24, 2.45) is 0 Å². The zero-order valence-corrected chi connectivity index (χ0v) is 16.7. The van der Waals surface area contributed by atoms with Crippen molar-refractivity contribution >= 4 is 27.3 Å². The molecule has 1 atom stereocenters. The first-order valence-electron chi connectivity index (χ1n) is 8.59. The van der Waals surface area contributed by atoms with Crippen LogP contribution in [0.3, 0.4) is 0 Å². The first kappa shape index (κ1) is 21.6. The Bertz CT molecular complexity index is 923. The second kappa shape index (κ2) is 9.01. The van der Waals surface area contributed by atoms with Crippen LogP contribution in [0.5, 0.6) is 0 Å². The third-order valence-corrected chi connectivity index (χ3v) is 5.43. The van der Waals surface area contributed by atoms with Crippen LogP contribution >= 0.6 is 0 Å². The smallest absolute Gasteiger partial charge is 0.243 e. The summed E-state index contributed by atoms with van der Waals surface area (Å²) in [4.78, 5) is 14.4. The first-order valence-corrected chi connectivity index (χ1v) is 10.4. The molecule has 0 aliphatic carbocycles. The largest absolute Gasteiger partial charge is 0.373 e. The van der Waals surface area contributed by atoms with E-state index in [4.69, 9.17) is 0 Å². The minimum absolute atomic E-state index is 0.120. The highest BCUT2D eigenvalue weighted by molar-refractivity contribution is 7.92. The average Bonchev–Trinajstić information content (AvgIpc) is 2.64. The molecule has 0 fully saturated rings. The third kappa shape index (κ3) is 5.41. The van der Waals surface area contributed by atoms with Crippen LogP contribution in [0, 0.1) is 11.6 Å². The number of benzene rings is 2. The van der Waals surface area contributed by atoms with Gasteiger partial charge in [0, 0.05) is 31.9 Å². The van der Waals surface area contributed by atoms with Crippen LogP contribution in [-0.2, 0) is 14.8 Å². The number of sulfonamides is 1. The molecule has 0 aliphatic rings. The monoisotopic (exact) mass is 411 g/mol. The summed E-state index contributed by atoms with van der Waals surface area (Å²) in [6.45, 7) is 2.18. The van der Waals surface area contributed by atoms with Gasteiger partial charge in [0.1, 0.15) is 6.04 Å². The quantitative estimate of drug-likeness (QED) is 0.724. The Balaban J connectivity index is 2.06. The molecule has 0 aromatic heterocycles. The van der Waals surface area contributed by atoms with Crippen LogP contribution in [0.2, 0.25) is 0 Å². The second-order valence-electron chi connectivity index (χ2n) is 6.38. The molecule has 0 unspecified atom stereocenters. The minimum Gasteiger partial charge on any atom is -0.373 e. The lowest BCUT2D eigenvalue weighted by molar-refractivity contribution is -0.121. The molecule has 0 saturated heterocycles. The molecule has 0 saturated carbocycles. The van der Waals surface area contributed by atoms with Crippen molar-refractivity contribution in [1.29, 1.82) is 0 Å². The summed E-state index contributed by atoms with van der Waals surface area (Å²) in [6, 6.07) is 11.1. The Morgan fingerprint density at radius 2 is 1.71 bits per heavy atom. The Kier molecular flexibility index (Phi) is 6.95. The molecule has 0 heterocycles. The molecule has 152 valence electrons. The maximum absolute atomic E-state index is 13.5. The topological polar surface area (TPSA) is 69.7 Å². The van der Waals surface area contributed by atoms with Gasteiger partial charge in [0.15, 0.2) is 11.6 Å². The van der Waals surface area contributed by atoms with Crippen LogP contribution in [0.1, 0.15) is 6.92 Å². The van der Waals surface area contributed by atoms with Gasteiger partial charge in [0.05, 0.1) is 11.9 Å². The summed E-state index contributed by atoms with van der Waals surface area (Å²) in [6.07, 6.45) is 0.904. The lowest BCUT2D eigenvalue weighted by Crippen LogP contribution is -2.49. The normalized spacial score (nSPS) is 12.3. The Hall–Kier alpha value is -2.68. The van der Waals surface area contributed by atoms with Crippen molar-refractivity contribution in [1.82, 2.24) is 5.32 Å². The zero-order chi connectivity index (χ0) is 20.9. The highest BCUT2D eigenvalue weighted by Crippen LogP contribution is 2.23. The summed E-state index contributed by atoms with van der Waals surface area (Å²) < 4.78 is 51.8. The van der Waals surface area contributed by atoms with Crippen LogP contribution in [0.4, 0.5) is 20.2 Å². The standard InChI is InChI=1S/C19H23F2N3O3S/c1-14(19(25)22-11-12-23(2)15-7-5-4-6-8-15)24(28(3,26)27)16-9-10-17(20)18(21)13-16/h4-10,13-14H,11-12H2,1-3H3,(H,22,25)/t14-/m1/s1. The van der Waals surface area contributed by atoms with Gasteiger partial charge >= 0.3 is 0 Å². The van der Waals surface area contributed by atoms with E-state index in [1.807, 2.05) is 42.3 Å². The SMILES string of the molecule is C[C@H](C(=O)NCCN(C)c1ccccc1)N(c1ccc(F)c(F)c1)S(C)(=O)=O. The van der Waals surface area contributed by atoms with E-state index >= 15 is 0 Å². The lowest BCUT2D eigenvalue weighted by atomic mass is 10.2. The number of nitrogens with one attached hydrogen (secondary N) is 1. The number of para-hydroxylation sites is 1. The van der Waals surface area contributed by atoms with Crippen molar-refractivity contribution < 1.29 is 22.0 Å². The number of anilines is 2. The van der Waals surface area contributed by atoms with Crippen molar-refractivity contribution in [3.8, 4) is 0 Å². The molecule has 2 aromatic rings. The number of amides is 1. The van der Waals surface area contributed by atoms with Crippen LogP contribution in [0.15, 0.2) is 48.5 Å². The maximum atomic E-state index is 13.5. The fourth-order valence-electron chi connectivity index (χ4n) is 2.74. The minimum atomic E-state index is -3.90. The number of hydrogen-bond acceptors (Lipinski definition) is 4. The van der Waals surface area contributed by atoms with E-state index in [-0.39, 0.29) is 12.2 Å². The molecule has 0 bridgehead atoms. The molecule has 0 spiro atoms. The molecule has 1 N–H and O–H groups in total. The zero-order valence-electron chi connectivity index (χ0n) is 15.9. The number of likely N-dealkylation sites (N-methyl/N-ethyl adjacent to an activating group) is 1. The number of hydrogen-bond donors (Lipinski definition) is 1. The molecule has 0 radical (unpaired) electrons. The number of carbonyl (C=O) groups is 1. The van der Waals surface area contributed by atoms with E-state index in [1.165, 1.54) is 6.92 Å². The molecule has 0 aliphatic heterocycles. The Morgan fingerprint density at radius 3 is 2.29 bits per heavy atom. The van der Waals surface area contributed by atoms with E-state index in [9.17, 15) is 22.0 Å². The van der Waals surface area contributed by atoms with E-state index in [0.29, 0.717) is 6.54 Å². The molecule has 28 heavy (non-hydrogen) atoms. The predicted molar refractivity (Wildman–Crippen MR) is 106 cm³/mol. The molecule has 2 aromatic carbocycles. The fourth-order valence-corrected chi connectivity index (χ4v) is 3.90. The summed E-state index contributed by atoms with van der Waals surface area (Å²) >= 11 is 0. The van der Waals surface area contributed by atoms with Gasteiger partial charge in [0.2, 0.25) is 15.9 Å². The van der Waals surface area contributed by atoms with Crippen molar-refractivity contribution in [3.63, 3.8) is 0 Å². The first-order chi connectivity index (χ1) is 13.1. The highest BCUT2D eigenvalue weighted by atomic mass is 32.2. The van der Waals surface area contributed by atoms with Gasteiger partial charge in [-0.1, -0.05) is 18.2 Å². The van der Waals surface area contributed by atoms with Gasteiger partial charge in [0.25, 0.3) is 0 Å². The summed E-state index contributed by atoms with van der Waals surface area (Å²) in [5.41, 5.74) is 0.856. The second-order valence-corrected chi connectivity index (χ2v) is 8.24. The van der Waals surface area contributed by atoms with Crippen molar-refractivity contribution in [3.05, 3.63) is 60.2 Å². The van der Waals surface area contributed by atoms with E-state index in [2.05, 4.69) is 5.32 Å². The molecular weight excluding hydrogens is 388 g/mol. The number of halogens is 2. The predicted octanol–water partition coefficient (Wildman–Crippen LogP) is 2.37. The van der Waals surface area contributed by atoms with Crippen molar-refractivity contribution in [2.75, 3.05) is 35.6 Å². The Morgan fingerprint density at radius 1 is 1.07 bits per heavy atom. The lowest BCUT2D eigenvalue weighted by Gasteiger charge is -2.28. The maximum Gasteiger partial charge on any atom is 0.243 e. The van der Waals surface area contributed by atoms with E-state index < -0.39 is 33.6 Å². The van der Waals surface area contributed by atoms with E-state index in [1.54, 1.807) is 0 Å². The van der Waals surface area contributed by atoms with Crippen LogP contribution in [-0.4, -0.2) is 46.8 Å². The van der Waals surface area contributed by atoms with Gasteiger partial charge in [-0.25, -0.2) is 17.2 Å². The molecule has 9 heteroatoms. The average molecular weight is 411 g/mol. The fraction of sp³-hybridized carbons (Fsp3) is 0.316. The molecule has 1 amide bonds. The molecule has 6 nitrogen and oxygen atoms in total. The van der Waals surface area contributed by atoms with Crippen LogP contribution < -0.4 is 14.5 Å². The van der Waals surface area contributed by atoms with Gasteiger partial charge in [-0.3, -0.25) is 9.10 Å². The molecular formula is C19H23F2N3O3S. The summed E-state index contributed by atoms with van der Waals surface area (Å²) in [5, 5.41) is 2.68. The van der Waals surface area contributed by atoms with E-state index in [0.717, 1.165) is 34.4 Å². The highest BCUT2D eigenvalue weighted by Gasteiger charge is 2.29. The number of nitrogens with zero attached hydrogens (tertiary/aromatic N) is 2. The van der Waals surface area contributed by atoms with Gasteiger partial charge in [-0.05, 0) is 31.2 Å².